The van der Waals surface area contributed by atoms with Crippen LogP contribution in [0.25, 0.3) is 11.1 Å². The van der Waals surface area contributed by atoms with E-state index in [1.54, 1.807) is 35.4 Å². The van der Waals surface area contributed by atoms with E-state index in [2.05, 4.69) is 12.2 Å². The number of hydrogen-bond donors (Lipinski definition) is 1. The van der Waals surface area contributed by atoms with Crippen LogP contribution in [0.2, 0.25) is 5.02 Å². The lowest BCUT2D eigenvalue weighted by atomic mass is 9.85. The third-order valence-electron chi connectivity index (χ3n) is 6.89. The van der Waals surface area contributed by atoms with Crippen molar-refractivity contribution in [2.75, 3.05) is 4.90 Å². The molecule has 0 spiro atoms. The molecule has 1 saturated carbocycles. The van der Waals surface area contributed by atoms with Gasteiger partial charge in [0.25, 0.3) is 5.91 Å². The molecule has 7 heteroatoms. The molecule has 3 atom stereocenters. The second-order valence-electron chi connectivity index (χ2n) is 9.02. The number of nitrogens with one attached hydrogen (secondary N) is 1. The summed E-state index contributed by atoms with van der Waals surface area (Å²) in [6, 6.07) is 10.8. The van der Waals surface area contributed by atoms with Gasteiger partial charge < -0.3 is 14.3 Å². The van der Waals surface area contributed by atoms with Crippen LogP contribution >= 0.6 is 11.6 Å². The van der Waals surface area contributed by atoms with Crippen molar-refractivity contribution in [3.05, 3.63) is 53.4 Å². The number of hydrogen-bond acceptors (Lipinski definition) is 3. The minimum atomic E-state index is -1.12. The number of halogens is 1. The van der Waals surface area contributed by atoms with Crippen LogP contribution < -0.4 is 10.2 Å². The lowest BCUT2D eigenvalue weighted by molar-refractivity contribution is -0.127. The van der Waals surface area contributed by atoms with Crippen LogP contribution in [-0.4, -0.2) is 28.0 Å². The fourth-order valence-electron chi connectivity index (χ4n) is 5.09. The third kappa shape index (κ3) is 3.24. The highest BCUT2D eigenvalue weighted by Gasteiger charge is 2.49. The van der Waals surface area contributed by atoms with E-state index in [1.165, 1.54) is 6.42 Å². The van der Waals surface area contributed by atoms with Crippen LogP contribution in [0.3, 0.4) is 0 Å². The Balaban J connectivity index is 1.60. The molecule has 3 heterocycles. The molecule has 31 heavy (non-hydrogen) atoms. The van der Waals surface area contributed by atoms with Gasteiger partial charge in [0, 0.05) is 28.9 Å². The van der Waals surface area contributed by atoms with Crippen molar-refractivity contribution in [3.63, 3.8) is 0 Å². The number of furan rings is 1. The largest absolute Gasteiger partial charge is 0.463 e. The normalized spacial score (nSPS) is 26.2. The highest BCUT2D eigenvalue weighted by molar-refractivity contribution is 6.31. The molecule has 2 aromatic heterocycles. The first-order valence-electron chi connectivity index (χ1n) is 10.9. The van der Waals surface area contributed by atoms with E-state index < -0.39 is 5.54 Å². The number of amides is 2. The number of fused-ring (bicyclic) bond motifs is 3. The second-order valence-corrected chi connectivity index (χ2v) is 9.46. The zero-order valence-electron chi connectivity index (χ0n) is 17.7. The molecule has 2 amide bonds. The first-order valence-corrected chi connectivity index (χ1v) is 11.2. The SMILES string of the molecule is CC1CCCC[C@H]1NC(=O)C1(C)Cn2c(cc3occc32)C(=O)N1c1cccc(Cl)c1. The number of carbonyl (C=O) groups is 2. The van der Waals surface area contributed by atoms with E-state index in [-0.39, 0.29) is 17.9 Å². The van der Waals surface area contributed by atoms with E-state index in [4.69, 9.17) is 16.0 Å². The summed E-state index contributed by atoms with van der Waals surface area (Å²) >= 11 is 6.25. The van der Waals surface area contributed by atoms with Gasteiger partial charge >= 0.3 is 0 Å². The molecule has 5 rings (SSSR count). The Morgan fingerprint density at radius 2 is 2.03 bits per heavy atom. The second kappa shape index (κ2) is 7.45. The Bertz CT molecular complexity index is 1170. The Morgan fingerprint density at radius 3 is 2.81 bits per heavy atom. The van der Waals surface area contributed by atoms with Gasteiger partial charge in [0.2, 0.25) is 5.91 Å². The summed E-state index contributed by atoms with van der Waals surface area (Å²) in [5.41, 5.74) is 1.45. The van der Waals surface area contributed by atoms with Crippen molar-refractivity contribution in [3.8, 4) is 0 Å². The summed E-state index contributed by atoms with van der Waals surface area (Å²) < 4.78 is 7.42. The fourth-order valence-corrected chi connectivity index (χ4v) is 5.27. The lowest BCUT2D eigenvalue weighted by Gasteiger charge is -2.45. The summed E-state index contributed by atoms with van der Waals surface area (Å²) in [5.74, 6) is 0.0350. The maximum absolute atomic E-state index is 13.8. The van der Waals surface area contributed by atoms with Crippen LogP contribution in [0.1, 0.15) is 50.0 Å². The fraction of sp³-hybridized carbons (Fsp3) is 0.417. The van der Waals surface area contributed by atoms with E-state index in [0.717, 1.165) is 24.8 Å². The molecule has 0 saturated heterocycles. The predicted molar refractivity (Wildman–Crippen MR) is 120 cm³/mol. The quantitative estimate of drug-likeness (QED) is 0.624. The van der Waals surface area contributed by atoms with Crippen LogP contribution in [0.15, 0.2) is 47.1 Å². The topological polar surface area (TPSA) is 67.5 Å². The molecule has 162 valence electrons. The highest BCUT2D eigenvalue weighted by atomic mass is 35.5. The molecular formula is C24H26ClN3O3. The monoisotopic (exact) mass is 439 g/mol. The van der Waals surface area contributed by atoms with Crippen LogP contribution in [-0.2, 0) is 11.3 Å². The Hall–Kier alpha value is -2.73. The maximum atomic E-state index is 13.8. The van der Waals surface area contributed by atoms with E-state index >= 15 is 0 Å². The Labute approximate surface area is 186 Å². The van der Waals surface area contributed by atoms with Crippen molar-refractivity contribution in [1.29, 1.82) is 0 Å². The number of carbonyl (C=O) groups excluding carboxylic acids is 2. The molecule has 2 aliphatic rings. The Morgan fingerprint density at radius 1 is 1.23 bits per heavy atom. The molecule has 1 aliphatic heterocycles. The molecule has 0 radical (unpaired) electrons. The van der Waals surface area contributed by atoms with Gasteiger partial charge in [-0.1, -0.05) is 37.4 Å². The van der Waals surface area contributed by atoms with Crippen LogP contribution in [0.5, 0.6) is 0 Å². The highest BCUT2D eigenvalue weighted by Crippen LogP contribution is 2.37. The van der Waals surface area contributed by atoms with Gasteiger partial charge in [-0.3, -0.25) is 14.5 Å². The van der Waals surface area contributed by atoms with Crippen LogP contribution in [0, 0.1) is 5.92 Å². The molecule has 2 unspecified atom stereocenters. The molecule has 1 fully saturated rings. The van der Waals surface area contributed by atoms with Crippen LogP contribution in [0.4, 0.5) is 5.69 Å². The van der Waals surface area contributed by atoms with Gasteiger partial charge in [-0.05, 0) is 43.9 Å². The summed E-state index contributed by atoms with van der Waals surface area (Å²) in [6.07, 6.45) is 5.99. The number of nitrogens with zero attached hydrogens (tertiary/aromatic N) is 2. The van der Waals surface area contributed by atoms with Gasteiger partial charge in [0.05, 0.1) is 18.3 Å². The van der Waals surface area contributed by atoms with Gasteiger partial charge in [-0.2, -0.15) is 0 Å². The minimum absolute atomic E-state index is 0.120. The standard InChI is InChI=1S/C24H26ClN3O3/c1-15-6-3-4-9-18(15)26-23(30)24(2)14-27-19-10-11-31-21(19)13-20(27)22(29)28(24)17-8-5-7-16(25)12-17/h5,7-8,10-13,15,18H,3-4,6,9,14H2,1-2H3,(H,26,30)/t15?,18-,24?/m1/s1. The van der Waals surface area contributed by atoms with E-state index in [9.17, 15) is 9.59 Å². The number of aromatic nitrogens is 1. The molecule has 3 aromatic rings. The van der Waals surface area contributed by atoms with E-state index in [1.807, 2.05) is 23.6 Å². The maximum Gasteiger partial charge on any atom is 0.276 e. The molecule has 0 bridgehead atoms. The average Bonchev–Trinajstić information content (AvgIpc) is 3.32. The lowest BCUT2D eigenvalue weighted by Crippen LogP contribution is -2.65. The summed E-state index contributed by atoms with van der Waals surface area (Å²) in [5, 5.41) is 3.79. The number of benzene rings is 1. The van der Waals surface area contributed by atoms with Crippen molar-refractivity contribution < 1.29 is 14.0 Å². The van der Waals surface area contributed by atoms with E-state index in [0.29, 0.717) is 34.4 Å². The Kier molecular flexibility index (Phi) is 4.85. The van der Waals surface area contributed by atoms with Crippen molar-refractivity contribution >= 4 is 40.2 Å². The molecule has 1 aromatic carbocycles. The number of anilines is 1. The third-order valence-corrected chi connectivity index (χ3v) is 7.12. The molecule has 1 N–H and O–H groups in total. The first-order chi connectivity index (χ1) is 14.9. The van der Waals surface area contributed by atoms with Crippen molar-refractivity contribution in [2.45, 2.75) is 57.7 Å². The summed E-state index contributed by atoms with van der Waals surface area (Å²) in [6.45, 7) is 4.35. The zero-order chi connectivity index (χ0) is 21.8. The zero-order valence-corrected chi connectivity index (χ0v) is 18.5. The summed E-state index contributed by atoms with van der Waals surface area (Å²) in [7, 11) is 0. The van der Waals surface area contributed by atoms with Gasteiger partial charge in [-0.15, -0.1) is 0 Å². The van der Waals surface area contributed by atoms with Gasteiger partial charge in [0.15, 0.2) is 5.58 Å². The van der Waals surface area contributed by atoms with Crippen molar-refractivity contribution in [2.24, 2.45) is 5.92 Å². The van der Waals surface area contributed by atoms with Gasteiger partial charge in [0.1, 0.15) is 11.2 Å². The summed E-state index contributed by atoms with van der Waals surface area (Å²) in [4.78, 5) is 29.1. The van der Waals surface area contributed by atoms with Gasteiger partial charge in [-0.25, -0.2) is 0 Å². The number of rotatable bonds is 3. The smallest absolute Gasteiger partial charge is 0.276 e. The average molecular weight is 440 g/mol. The first kappa shape index (κ1) is 20.2. The molecular weight excluding hydrogens is 414 g/mol. The minimum Gasteiger partial charge on any atom is -0.463 e. The predicted octanol–water partition coefficient (Wildman–Crippen LogP) is 5.00. The van der Waals surface area contributed by atoms with Crippen molar-refractivity contribution in [1.82, 2.24) is 9.88 Å². The molecule has 6 nitrogen and oxygen atoms in total. The molecule has 1 aliphatic carbocycles.